The quantitative estimate of drug-likeness (QED) is 0.702. The number of hydrogen-bond donors (Lipinski definition) is 1. The summed E-state index contributed by atoms with van der Waals surface area (Å²) in [5.41, 5.74) is 5.80. The Kier molecular flexibility index (Phi) is 4.45. The molecule has 0 saturated carbocycles. The molecule has 5 heteroatoms. The van der Waals surface area contributed by atoms with Gasteiger partial charge in [0.25, 0.3) is 0 Å². The minimum Gasteiger partial charge on any atom is -0.338 e. The summed E-state index contributed by atoms with van der Waals surface area (Å²) in [6, 6.07) is -0.233. The van der Waals surface area contributed by atoms with Crippen molar-refractivity contribution in [3.05, 3.63) is 24.4 Å². The van der Waals surface area contributed by atoms with Gasteiger partial charge in [-0.2, -0.15) is 4.98 Å². The highest BCUT2D eigenvalue weighted by Crippen LogP contribution is 2.11. The zero-order valence-electron chi connectivity index (χ0n) is 9.31. The standard InChI is InChI=1S/C10H18N4O/c1-4-5-8(11)10-12-9(13-15-10)6-7-14(2)3/h4,8H,1,5-7,11H2,2-3H3. The van der Waals surface area contributed by atoms with Crippen LogP contribution in [0, 0.1) is 0 Å². The van der Waals surface area contributed by atoms with Gasteiger partial charge in [-0.05, 0) is 20.5 Å². The Morgan fingerprint density at radius 3 is 2.93 bits per heavy atom. The van der Waals surface area contributed by atoms with Gasteiger partial charge in [0.1, 0.15) is 0 Å². The minimum atomic E-state index is -0.233. The molecule has 0 aliphatic rings. The third kappa shape index (κ3) is 3.81. The Bertz CT molecular complexity index is 308. The van der Waals surface area contributed by atoms with Crippen molar-refractivity contribution < 1.29 is 4.52 Å². The van der Waals surface area contributed by atoms with Crippen molar-refractivity contribution >= 4 is 0 Å². The molecule has 1 atom stereocenters. The molecule has 0 fully saturated rings. The maximum Gasteiger partial charge on any atom is 0.243 e. The lowest BCUT2D eigenvalue weighted by molar-refractivity contribution is 0.347. The van der Waals surface area contributed by atoms with E-state index < -0.39 is 0 Å². The molecule has 2 N–H and O–H groups in total. The molecule has 5 nitrogen and oxygen atoms in total. The van der Waals surface area contributed by atoms with Gasteiger partial charge in [0.2, 0.25) is 5.89 Å². The maximum atomic E-state index is 5.80. The highest BCUT2D eigenvalue weighted by atomic mass is 16.5. The van der Waals surface area contributed by atoms with E-state index in [1.165, 1.54) is 0 Å². The Hall–Kier alpha value is -1.20. The van der Waals surface area contributed by atoms with E-state index in [1.807, 2.05) is 14.1 Å². The molecule has 0 radical (unpaired) electrons. The first-order chi connectivity index (χ1) is 7.13. The maximum absolute atomic E-state index is 5.80. The third-order valence-corrected chi connectivity index (χ3v) is 2.00. The van der Waals surface area contributed by atoms with Gasteiger partial charge in [-0.1, -0.05) is 11.2 Å². The monoisotopic (exact) mass is 210 g/mol. The van der Waals surface area contributed by atoms with Crippen molar-refractivity contribution in [1.82, 2.24) is 15.0 Å². The average Bonchev–Trinajstić information content (AvgIpc) is 2.63. The minimum absolute atomic E-state index is 0.233. The van der Waals surface area contributed by atoms with Crippen LogP contribution in [0.15, 0.2) is 17.2 Å². The highest BCUT2D eigenvalue weighted by molar-refractivity contribution is 4.94. The van der Waals surface area contributed by atoms with Crippen LogP contribution < -0.4 is 5.73 Å². The molecule has 0 spiro atoms. The molecule has 0 aliphatic carbocycles. The van der Waals surface area contributed by atoms with E-state index in [4.69, 9.17) is 10.3 Å². The number of nitrogens with two attached hydrogens (primary N) is 1. The van der Waals surface area contributed by atoms with Gasteiger partial charge in [0.15, 0.2) is 5.82 Å². The largest absolute Gasteiger partial charge is 0.338 e. The molecule has 1 unspecified atom stereocenters. The summed E-state index contributed by atoms with van der Waals surface area (Å²) in [6.45, 7) is 4.51. The van der Waals surface area contributed by atoms with Crippen molar-refractivity contribution in [2.75, 3.05) is 20.6 Å². The molecule has 15 heavy (non-hydrogen) atoms. The van der Waals surface area contributed by atoms with E-state index in [-0.39, 0.29) is 6.04 Å². The molecular formula is C10H18N4O. The van der Waals surface area contributed by atoms with Crippen molar-refractivity contribution in [1.29, 1.82) is 0 Å². The molecule has 1 rings (SSSR count). The summed E-state index contributed by atoms with van der Waals surface area (Å²) in [7, 11) is 4.01. The molecular weight excluding hydrogens is 192 g/mol. The Morgan fingerprint density at radius 2 is 2.33 bits per heavy atom. The predicted molar refractivity (Wildman–Crippen MR) is 58.3 cm³/mol. The van der Waals surface area contributed by atoms with Crippen LogP contribution in [0.5, 0.6) is 0 Å². The van der Waals surface area contributed by atoms with Crippen molar-refractivity contribution in [2.45, 2.75) is 18.9 Å². The summed E-state index contributed by atoms with van der Waals surface area (Å²) >= 11 is 0. The van der Waals surface area contributed by atoms with Gasteiger partial charge < -0.3 is 15.2 Å². The van der Waals surface area contributed by atoms with Crippen LogP contribution >= 0.6 is 0 Å². The van der Waals surface area contributed by atoms with E-state index in [2.05, 4.69) is 21.6 Å². The zero-order valence-corrected chi connectivity index (χ0v) is 9.31. The lowest BCUT2D eigenvalue weighted by atomic mass is 10.2. The van der Waals surface area contributed by atoms with Crippen LogP contribution in [0.1, 0.15) is 24.2 Å². The molecule has 1 heterocycles. The first-order valence-electron chi connectivity index (χ1n) is 4.97. The second-order valence-electron chi connectivity index (χ2n) is 3.73. The Morgan fingerprint density at radius 1 is 1.60 bits per heavy atom. The lowest BCUT2D eigenvalue weighted by Crippen LogP contribution is -2.16. The predicted octanol–water partition coefficient (Wildman–Crippen LogP) is 0.750. The normalized spacial score (nSPS) is 13.1. The summed E-state index contributed by atoms with van der Waals surface area (Å²) < 4.78 is 5.06. The van der Waals surface area contributed by atoms with Gasteiger partial charge in [-0.15, -0.1) is 6.58 Å². The van der Waals surface area contributed by atoms with Crippen molar-refractivity contribution in [3.8, 4) is 0 Å². The van der Waals surface area contributed by atoms with Gasteiger partial charge in [-0.25, -0.2) is 0 Å². The number of aromatic nitrogens is 2. The molecule has 0 aromatic carbocycles. The lowest BCUT2D eigenvalue weighted by Gasteiger charge is -2.05. The molecule has 0 bridgehead atoms. The van der Waals surface area contributed by atoms with Crippen LogP contribution in [0.25, 0.3) is 0 Å². The van der Waals surface area contributed by atoms with E-state index >= 15 is 0 Å². The van der Waals surface area contributed by atoms with Crippen LogP contribution in [0.2, 0.25) is 0 Å². The molecule has 1 aromatic heterocycles. The summed E-state index contributed by atoms with van der Waals surface area (Å²) in [5, 5.41) is 3.86. The van der Waals surface area contributed by atoms with Crippen LogP contribution in [-0.2, 0) is 6.42 Å². The van der Waals surface area contributed by atoms with E-state index in [0.717, 1.165) is 13.0 Å². The smallest absolute Gasteiger partial charge is 0.243 e. The van der Waals surface area contributed by atoms with Crippen molar-refractivity contribution in [3.63, 3.8) is 0 Å². The summed E-state index contributed by atoms with van der Waals surface area (Å²) in [4.78, 5) is 6.29. The van der Waals surface area contributed by atoms with Gasteiger partial charge >= 0.3 is 0 Å². The summed E-state index contributed by atoms with van der Waals surface area (Å²) in [5.74, 6) is 1.20. The average molecular weight is 210 g/mol. The first kappa shape index (κ1) is 11.9. The van der Waals surface area contributed by atoms with Gasteiger partial charge in [-0.3, -0.25) is 0 Å². The summed E-state index contributed by atoms with van der Waals surface area (Å²) in [6.07, 6.45) is 3.17. The fourth-order valence-electron chi connectivity index (χ4n) is 1.12. The van der Waals surface area contributed by atoms with Crippen LogP contribution in [0.4, 0.5) is 0 Å². The fraction of sp³-hybridized carbons (Fsp3) is 0.600. The van der Waals surface area contributed by atoms with Crippen LogP contribution in [0.3, 0.4) is 0 Å². The van der Waals surface area contributed by atoms with Gasteiger partial charge in [0, 0.05) is 13.0 Å². The molecule has 0 saturated heterocycles. The second kappa shape index (κ2) is 5.63. The fourth-order valence-corrected chi connectivity index (χ4v) is 1.12. The Labute approximate surface area is 89.9 Å². The zero-order chi connectivity index (χ0) is 11.3. The highest BCUT2D eigenvalue weighted by Gasteiger charge is 2.12. The molecule has 84 valence electrons. The van der Waals surface area contributed by atoms with E-state index in [0.29, 0.717) is 18.1 Å². The molecule has 1 aromatic rings. The van der Waals surface area contributed by atoms with Crippen LogP contribution in [-0.4, -0.2) is 35.7 Å². The number of hydrogen-bond acceptors (Lipinski definition) is 5. The Balaban J connectivity index is 2.51. The topological polar surface area (TPSA) is 68.2 Å². The second-order valence-corrected chi connectivity index (χ2v) is 3.73. The third-order valence-electron chi connectivity index (χ3n) is 2.00. The van der Waals surface area contributed by atoms with E-state index in [1.54, 1.807) is 6.08 Å². The number of nitrogens with zero attached hydrogens (tertiary/aromatic N) is 3. The molecule has 0 amide bonds. The van der Waals surface area contributed by atoms with Gasteiger partial charge in [0.05, 0.1) is 6.04 Å². The van der Waals surface area contributed by atoms with E-state index in [9.17, 15) is 0 Å². The SMILES string of the molecule is C=CCC(N)c1nc(CCN(C)C)no1. The molecule has 0 aliphatic heterocycles. The number of rotatable bonds is 6. The number of likely N-dealkylation sites (N-methyl/N-ethyl adjacent to an activating group) is 1. The first-order valence-corrected chi connectivity index (χ1v) is 4.97. The van der Waals surface area contributed by atoms with Crippen molar-refractivity contribution in [2.24, 2.45) is 5.73 Å².